The van der Waals surface area contributed by atoms with Crippen LogP contribution in [0.1, 0.15) is 25.3 Å². The van der Waals surface area contributed by atoms with Gasteiger partial charge in [0.1, 0.15) is 11.3 Å². The van der Waals surface area contributed by atoms with Crippen molar-refractivity contribution in [3.05, 3.63) is 23.9 Å². The number of anilines is 1. The van der Waals surface area contributed by atoms with Gasteiger partial charge in [0.25, 0.3) is 0 Å². The van der Waals surface area contributed by atoms with Crippen LogP contribution in [0.2, 0.25) is 0 Å². The molecule has 2 aromatic heterocycles. The Hall–Kier alpha value is -1.91. The zero-order valence-electron chi connectivity index (χ0n) is 9.18. The van der Waals surface area contributed by atoms with E-state index in [0.717, 1.165) is 11.1 Å². The summed E-state index contributed by atoms with van der Waals surface area (Å²) >= 11 is 0. The standard InChI is InChI=1S/C11H14N4O/c1-2-9(16)6-5-8-4-3-7-15-10(8)11(12)13-14-15/h3-4,7H,2,5-6,12H2,1H3. The fourth-order valence-corrected chi connectivity index (χ4v) is 1.69. The topological polar surface area (TPSA) is 73.3 Å². The fraction of sp³-hybridized carbons (Fsp3) is 0.364. The summed E-state index contributed by atoms with van der Waals surface area (Å²) in [4.78, 5) is 11.3. The van der Waals surface area contributed by atoms with Crippen molar-refractivity contribution < 1.29 is 4.79 Å². The number of nitrogen functional groups attached to an aromatic ring is 1. The number of ketones is 1. The van der Waals surface area contributed by atoms with Crippen LogP contribution < -0.4 is 5.73 Å². The van der Waals surface area contributed by atoms with Gasteiger partial charge >= 0.3 is 0 Å². The van der Waals surface area contributed by atoms with E-state index < -0.39 is 0 Å². The molecule has 0 aliphatic heterocycles. The molecule has 2 heterocycles. The van der Waals surface area contributed by atoms with Gasteiger partial charge in [-0.1, -0.05) is 18.2 Å². The summed E-state index contributed by atoms with van der Waals surface area (Å²) in [7, 11) is 0. The van der Waals surface area contributed by atoms with Crippen molar-refractivity contribution in [3.8, 4) is 0 Å². The molecule has 0 spiro atoms. The van der Waals surface area contributed by atoms with Crippen LogP contribution in [0.5, 0.6) is 0 Å². The number of nitrogens with two attached hydrogens (primary N) is 1. The van der Waals surface area contributed by atoms with Crippen molar-refractivity contribution in [2.45, 2.75) is 26.2 Å². The highest BCUT2D eigenvalue weighted by Gasteiger charge is 2.08. The van der Waals surface area contributed by atoms with Crippen molar-refractivity contribution in [2.24, 2.45) is 0 Å². The minimum atomic E-state index is 0.257. The summed E-state index contributed by atoms with van der Waals surface area (Å²) in [5.74, 6) is 0.674. The van der Waals surface area contributed by atoms with Gasteiger partial charge in [-0.05, 0) is 18.1 Å². The lowest BCUT2D eigenvalue weighted by molar-refractivity contribution is -0.118. The highest BCUT2D eigenvalue weighted by atomic mass is 16.1. The van der Waals surface area contributed by atoms with Crippen LogP contribution in [0, 0.1) is 0 Å². The van der Waals surface area contributed by atoms with Crippen LogP contribution in [0.3, 0.4) is 0 Å². The fourth-order valence-electron chi connectivity index (χ4n) is 1.69. The summed E-state index contributed by atoms with van der Waals surface area (Å²) in [6.45, 7) is 1.87. The summed E-state index contributed by atoms with van der Waals surface area (Å²) in [5, 5.41) is 7.69. The Labute approximate surface area is 93.3 Å². The zero-order chi connectivity index (χ0) is 11.5. The largest absolute Gasteiger partial charge is 0.380 e. The van der Waals surface area contributed by atoms with E-state index in [1.807, 2.05) is 19.1 Å². The number of hydrogen-bond donors (Lipinski definition) is 1. The number of Topliss-reactive ketones (excluding diaryl/α,β-unsaturated/α-hetero) is 1. The first-order chi connectivity index (χ1) is 7.72. The second-order valence-electron chi connectivity index (χ2n) is 3.69. The highest BCUT2D eigenvalue weighted by Crippen LogP contribution is 2.17. The first-order valence-corrected chi connectivity index (χ1v) is 5.32. The van der Waals surface area contributed by atoms with Gasteiger partial charge in [-0.25, -0.2) is 4.52 Å². The molecule has 2 rings (SSSR count). The van der Waals surface area contributed by atoms with Gasteiger partial charge < -0.3 is 5.73 Å². The third-order valence-electron chi connectivity index (χ3n) is 2.62. The van der Waals surface area contributed by atoms with Crippen molar-refractivity contribution in [1.29, 1.82) is 0 Å². The van der Waals surface area contributed by atoms with Gasteiger partial charge in [-0.3, -0.25) is 4.79 Å². The van der Waals surface area contributed by atoms with Crippen LogP contribution in [-0.2, 0) is 11.2 Å². The van der Waals surface area contributed by atoms with E-state index in [4.69, 9.17) is 5.73 Å². The number of hydrogen-bond acceptors (Lipinski definition) is 4. The molecule has 0 aromatic carbocycles. The Bertz CT molecular complexity index is 518. The zero-order valence-corrected chi connectivity index (χ0v) is 9.18. The molecule has 5 heteroatoms. The van der Waals surface area contributed by atoms with Crippen LogP contribution in [0.15, 0.2) is 18.3 Å². The number of nitrogens with zero attached hydrogens (tertiary/aromatic N) is 3. The number of pyridine rings is 1. The first kappa shape index (κ1) is 10.6. The van der Waals surface area contributed by atoms with E-state index in [0.29, 0.717) is 25.1 Å². The molecule has 5 nitrogen and oxygen atoms in total. The number of aryl methyl sites for hydroxylation is 1. The Balaban J connectivity index is 2.29. The molecule has 84 valence electrons. The van der Waals surface area contributed by atoms with Gasteiger partial charge in [0.2, 0.25) is 0 Å². The Kier molecular flexibility index (Phi) is 2.85. The van der Waals surface area contributed by atoms with Crippen molar-refractivity contribution in [2.75, 3.05) is 5.73 Å². The lowest BCUT2D eigenvalue weighted by Gasteiger charge is -2.02. The second kappa shape index (κ2) is 4.30. The number of carbonyl (C=O) groups is 1. The molecular formula is C11H14N4O. The smallest absolute Gasteiger partial charge is 0.174 e. The molecule has 0 bridgehead atoms. The van der Waals surface area contributed by atoms with Crippen molar-refractivity contribution >= 4 is 17.1 Å². The molecule has 0 radical (unpaired) electrons. The van der Waals surface area contributed by atoms with Crippen molar-refractivity contribution in [1.82, 2.24) is 14.8 Å². The molecule has 0 amide bonds. The van der Waals surface area contributed by atoms with Crippen LogP contribution in [-0.4, -0.2) is 20.6 Å². The van der Waals surface area contributed by atoms with E-state index >= 15 is 0 Å². The average Bonchev–Trinajstić information content (AvgIpc) is 2.69. The maximum atomic E-state index is 11.3. The molecule has 0 aliphatic carbocycles. The third kappa shape index (κ3) is 1.88. The van der Waals surface area contributed by atoms with E-state index in [2.05, 4.69) is 10.3 Å². The lowest BCUT2D eigenvalue weighted by Crippen LogP contribution is -2.00. The molecule has 0 aliphatic rings. The Morgan fingerprint density at radius 1 is 1.56 bits per heavy atom. The van der Waals surface area contributed by atoms with E-state index in [1.165, 1.54) is 0 Å². The third-order valence-corrected chi connectivity index (χ3v) is 2.62. The monoisotopic (exact) mass is 218 g/mol. The van der Waals surface area contributed by atoms with Gasteiger partial charge in [-0.2, -0.15) is 0 Å². The molecule has 2 N–H and O–H groups in total. The lowest BCUT2D eigenvalue weighted by atomic mass is 10.1. The summed E-state index contributed by atoms with van der Waals surface area (Å²) in [5.41, 5.74) is 7.57. The summed E-state index contributed by atoms with van der Waals surface area (Å²) < 4.78 is 1.64. The van der Waals surface area contributed by atoms with Gasteiger partial charge in [0.05, 0.1) is 0 Å². The van der Waals surface area contributed by atoms with Crippen molar-refractivity contribution in [3.63, 3.8) is 0 Å². The Morgan fingerprint density at radius 2 is 2.38 bits per heavy atom. The van der Waals surface area contributed by atoms with Gasteiger partial charge in [0, 0.05) is 19.0 Å². The summed E-state index contributed by atoms with van der Waals surface area (Å²) in [6.07, 6.45) is 3.61. The molecule has 16 heavy (non-hydrogen) atoms. The van der Waals surface area contributed by atoms with Gasteiger partial charge in [-0.15, -0.1) is 5.10 Å². The van der Waals surface area contributed by atoms with Crippen LogP contribution in [0.25, 0.3) is 5.52 Å². The van der Waals surface area contributed by atoms with E-state index in [-0.39, 0.29) is 5.78 Å². The molecule has 0 unspecified atom stereocenters. The molecule has 0 saturated heterocycles. The minimum absolute atomic E-state index is 0.257. The average molecular weight is 218 g/mol. The molecule has 2 aromatic rings. The van der Waals surface area contributed by atoms with Gasteiger partial charge in [0.15, 0.2) is 5.82 Å². The SMILES string of the molecule is CCC(=O)CCc1cccn2nnc(N)c12. The van der Waals surface area contributed by atoms with E-state index in [1.54, 1.807) is 10.7 Å². The minimum Gasteiger partial charge on any atom is -0.380 e. The summed E-state index contributed by atoms with van der Waals surface area (Å²) in [6, 6.07) is 3.84. The van der Waals surface area contributed by atoms with E-state index in [9.17, 15) is 4.79 Å². The Morgan fingerprint density at radius 3 is 3.12 bits per heavy atom. The number of carbonyl (C=O) groups excluding carboxylic acids is 1. The predicted molar refractivity (Wildman–Crippen MR) is 61.0 cm³/mol. The maximum Gasteiger partial charge on any atom is 0.174 e. The first-order valence-electron chi connectivity index (χ1n) is 5.32. The number of aromatic nitrogens is 3. The highest BCUT2D eigenvalue weighted by molar-refractivity contribution is 5.79. The predicted octanol–water partition coefficient (Wildman–Crippen LogP) is 1.22. The number of rotatable bonds is 4. The quantitative estimate of drug-likeness (QED) is 0.837. The molecular weight excluding hydrogens is 204 g/mol. The maximum absolute atomic E-state index is 11.3. The molecule has 0 saturated carbocycles. The second-order valence-corrected chi connectivity index (χ2v) is 3.69. The van der Waals surface area contributed by atoms with Crippen LogP contribution in [0.4, 0.5) is 5.82 Å². The molecule has 0 atom stereocenters. The molecule has 0 fully saturated rings. The number of fused-ring (bicyclic) bond motifs is 1. The van der Waals surface area contributed by atoms with Crippen LogP contribution >= 0.6 is 0 Å². The normalized spacial score (nSPS) is 10.8.